The topological polar surface area (TPSA) is 85.1 Å². The Morgan fingerprint density at radius 1 is 1.33 bits per heavy atom. The van der Waals surface area contributed by atoms with Crippen molar-refractivity contribution >= 4 is 54.8 Å². The van der Waals surface area contributed by atoms with E-state index in [2.05, 4.69) is 25.6 Å². The van der Waals surface area contributed by atoms with Gasteiger partial charge in [-0.3, -0.25) is 9.71 Å². The van der Waals surface area contributed by atoms with Crippen LogP contribution in [0.15, 0.2) is 40.0 Å². The van der Waals surface area contributed by atoms with Crippen molar-refractivity contribution in [2.45, 2.75) is 11.4 Å². The van der Waals surface area contributed by atoms with Crippen LogP contribution in [0.2, 0.25) is 10.0 Å². The quantitative estimate of drug-likeness (QED) is 0.808. The van der Waals surface area contributed by atoms with Crippen LogP contribution >= 0.6 is 39.1 Å². The first-order valence-electron chi connectivity index (χ1n) is 5.65. The molecule has 0 amide bonds. The third kappa shape index (κ3) is 3.67. The van der Waals surface area contributed by atoms with E-state index in [-0.39, 0.29) is 21.5 Å². The van der Waals surface area contributed by atoms with E-state index in [9.17, 15) is 8.42 Å². The second kappa shape index (κ2) is 6.50. The van der Waals surface area contributed by atoms with Crippen molar-refractivity contribution in [3.63, 3.8) is 0 Å². The molecular weight excluding hydrogens is 401 g/mol. The monoisotopic (exact) mass is 409 g/mol. The van der Waals surface area contributed by atoms with Crippen LogP contribution in [0.1, 0.15) is 5.56 Å². The highest BCUT2D eigenvalue weighted by molar-refractivity contribution is 9.10. The lowest BCUT2D eigenvalue weighted by Crippen LogP contribution is -2.15. The number of rotatable bonds is 4. The predicted octanol–water partition coefficient (Wildman–Crippen LogP) is 3.41. The second-order valence-electron chi connectivity index (χ2n) is 4.04. The van der Waals surface area contributed by atoms with Gasteiger partial charge in [-0.25, -0.2) is 8.42 Å². The van der Waals surface area contributed by atoms with Gasteiger partial charge in [0.25, 0.3) is 10.0 Å². The van der Waals surface area contributed by atoms with Gasteiger partial charge in [0.05, 0.1) is 15.2 Å². The molecule has 1 aromatic heterocycles. The van der Waals surface area contributed by atoms with Crippen LogP contribution in [0.5, 0.6) is 0 Å². The van der Waals surface area contributed by atoms with Gasteiger partial charge in [0, 0.05) is 24.0 Å². The van der Waals surface area contributed by atoms with E-state index in [0.717, 1.165) is 0 Å². The number of halogens is 3. The molecule has 0 saturated heterocycles. The van der Waals surface area contributed by atoms with Crippen LogP contribution in [0, 0.1) is 0 Å². The fourth-order valence-electron chi connectivity index (χ4n) is 1.62. The van der Waals surface area contributed by atoms with E-state index >= 15 is 0 Å². The fraction of sp³-hybridized carbons (Fsp3) is 0.0833. The van der Waals surface area contributed by atoms with Gasteiger partial charge in [0.2, 0.25) is 0 Å². The zero-order valence-corrected chi connectivity index (χ0v) is 14.4. The number of benzene rings is 1. The maximum absolute atomic E-state index is 12.5. The Bertz CT molecular complexity index is 784. The first-order valence-corrected chi connectivity index (χ1v) is 8.68. The molecule has 9 heteroatoms. The summed E-state index contributed by atoms with van der Waals surface area (Å²) >= 11 is 15.2. The number of nitrogens with one attached hydrogen (secondary N) is 1. The normalized spacial score (nSPS) is 11.4. The van der Waals surface area contributed by atoms with E-state index in [1.165, 1.54) is 30.6 Å². The summed E-state index contributed by atoms with van der Waals surface area (Å²) < 4.78 is 27.8. The fourth-order valence-corrected chi connectivity index (χ4v) is 4.12. The molecular formula is C12H10BrCl2N3O2S. The third-order valence-electron chi connectivity index (χ3n) is 2.61. The molecule has 0 radical (unpaired) electrons. The van der Waals surface area contributed by atoms with Crippen LogP contribution in [0.25, 0.3) is 0 Å². The first kappa shape index (κ1) is 16.5. The predicted molar refractivity (Wildman–Crippen MR) is 87.1 cm³/mol. The van der Waals surface area contributed by atoms with E-state index in [4.69, 9.17) is 28.9 Å². The van der Waals surface area contributed by atoms with Crippen molar-refractivity contribution in [1.82, 2.24) is 4.98 Å². The molecule has 0 atom stereocenters. The number of nitrogens with zero attached hydrogens (tertiary/aromatic N) is 1. The Kier molecular flexibility index (Phi) is 5.11. The third-order valence-corrected chi connectivity index (χ3v) is 5.40. The van der Waals surface area contributed by atoms with Crippen molar-refractivity contribution < 1.29 is 8.42 Å². The molecule has 2 aromatic rings. The average molecular weight is 411 g/mol. The molecule has 1 heterocycles. The molecule has 0 aliphatic carbocycles. The molecule has 0 fully saturated rings. The van der Waals surface area contributed by atoms with Gasteiger partial charge in [0.15, 0.2) is 0 Å². The Morgan fingerprint density at radius 3 is 2.67 bits per heavy atom. The summed E-state index contributed by atoms with van der Waals surface area (Å²) in [7, 11) is -3.90. The summed E-state index contributed by atoms with van der Waals surface area (Å²) in [4.78, 5) is 3.74. The number of nitrogens with two attached hydrogens (primary N) is 1. The van der Waals surface area contributed by atoms with E-state index < -0.39 is 10.0 Å². The van der Waals surface area contributed by atoms with Gasteiger partial charge in [-0.1, -0.05) is 23.2 Å². The molecule has 0 spiro atoms. The minimum Gasteiger partial charge on any atom is -0.326 e. The van der Waals surface area contributed by atoms with Gasteiger partial charge in [-0.2, -0.15) is 0 Å². The molecule has 0 aliphatic heterocycles. The molecule has 3 N–H and O–H groups in total. The maximum Gasteiger partial charge on any atom is 0.263 e. The highest BCUT2D eigenvalue weighted by Gasteiger charge is 2.21. The highest BCUT2D eigenvalue weighted by Crippen LogP contribution is 2.31. The zero-order valence-electron chi connectivity index (χ0n) is 10.5. The van der Waals surface area contributed by atoms with E-state index in [1.54, 1.807) is 0 Å². The number of pyridine rings is 1. The van der Waals surface area contributed by atoms with Crippen LogP contribution in [-0.2, 0) is 16.6 Å². The number of hydrogen-bond donors (Lipinski definition) is 2. The van der Waals surface area contributed by atoms with E-state index in [0.29, 0.717) is 15.7 Å². The number of aromatic nitrogens is 1. The lowest BCUT2D eigenvalue weighted by Gasteiger charge is -2.13. The zero-order chi connectivity index (χ0) is 15.6. The van der Waals surface area contributed by atoms with Gasteiger partial charge < -0.3 is 5.73 Å². The molecule has 112 valence electrons. The van der Waals surface area contributed by atoms with Crippen LogP contribution < -0.4 is 10.5 Å². The van der Waals surface area contributed by atoms with Gasteiger partial charge >= 0.3 is 0 Å². The average Bonchev–Trinajstić information content (AvgIpc) is 2.43. The van der Waals surface area contributed by atoms with Crippen molar-refractivity contribution in [1.29, 1.82) is 0 Å². The first-order chi connectivity index (χ1) is 9.85. The SMILES string of the molecule is NCc1cc(Cl)cc(S(=O)(=O)Nc2ccncc2Br)c1Cl. The molecule has 0 unspecified atom stereocenters. The second-order valence-corrected chi connectivity index (χ2v) is 7.36. The summed E-state index contributed by atoms with van der Waals surface area (Å²) in [5, 5.41) is 0.300. The van der Waals surface area contributed by atoms with Gasteiger partial charge in [-0.05, 0) is 39.7 Å². The van der Waals surface area contributed by atoms with Crippen molar-refractivity contribution in [3.8, 4) is 0 Å². The minimum absolute atomic E-state index is 0.0552. The summed E-state index contributed by atoms with van der Waals surface area (Å²) in [5.74, 6) is 0. The lowest BCUT2D eigenvalue weighted by atomic mass is 10.2. The number of sulfonamides is 1. The maximum atomic E-state index is 12.5. The molecule has 2 rings (SSSR count). The number of hydrogen-bond acceptors (Lipinski definition) is 4. The van der Waals surface area contributed by atoms with Crippen molar-refractivity contribution in [2.24, 2.45) is 5.73 Å². The van der Waals surface area contributed by atoms with Crippen molar-refractivity contribution in [3.05, 3.63) is 50.7 Å². The van der Waals surface area contributed by atoms with Crippen molar-refractivity contribution in [2.75, 3.05) is 4.72 Å². The Hall–Kier alpha value is -0.860. The smallest absolute Gasteiger partial charge is 0.263 e. The summed E-state index contributed by atoms with van der Waals surface area (Å²) in [6.45, 7) is 0.0842. The highest BCUT2D eigenvalue weighted by atomic mass is 79.9. The molecule has 5 nitrogen and oxygen atoms in total. The van der Waals surface area contributed by atoms with Gasteiger partial charge in [0.1, 0.15) is 4.90 Å². The van der Waals surface area contributed by atoms with Crippen LogP contribution in [0.3, 0.4) is 0 Å². The standard InChI is InChI=1S/C12H10BrCl2N3O2S/c13-9-6-17-2-1-10(9)18-21(19,20)11-4-8(14)3-7(5-16)12(11)15/h1-4,6H,5,16H2,(H,17,18). The Morgan fingerprint density at radius 2 is 2.05 bits per heavy atom. The summed E-state index contributed by atoms with van der Waals surface area (Å²) in [5.41, 5.74) is 6.33. The van der Waals surface area contributed by atoms with Crippen LogP contribution in [-0.4, -0.2) is 13.4 Å². The Balaban J connectivity index is 2.50. The van der Waals surface area contributed by atoms with Gasteiger partial charge in [-0.15, -0.1) is 0 Å². The Labute approximate surface area is 140 Å². The minimum atomic E-state index is -3.90. The molecule has 0 aliphatic rings. The van der Waals surface area contributed by atoms with Crippen LogP contribution in [0.4, 0.5) is 5.69 Å². The molecule has 0 bridgehead atoms. The molecule has 0 saturated carbocycles. The summed E-state index contributed by atoms with van der Waals surface area (Å²) in [6.07, 6.45) is 2.94. The van der Waals surface area contributed by atoms with E-state index in [1.807, 2.05) is 0 Å². The number of anilines is 1. The summed E-state index contributed by atoms with van der Waals surface area (Å²) in [6, 6.07) is 4.33. The molecule has 21 heavy (non-hydrogen) atoms. The lowest BCUT2D eigenvalue weighted by molar-refractivity contribution is 0.601. The largest absolute Gasteiger partial charge is 0.326 e. The molecule has 1 aromatic carbocycles.